The van der Waals surface area contributed by atoms with E-state index in [4.69, 9.17) is 5.73 Å². The molecule has 3 heteroatoms. The van der Waals surface area contributed by atoms with Gasteiger partial charge in [0.2, 0.25) is 0 Å². The van der Waals surface area contributed by atoms with Crippen LogP contribution < -0.4 is 10.6 Å². The van der Waals surface area contributed by atoms with Crippen molar-refractivity contribution in [1.82, 2.24) is 0 Å². The smallest absolute Gasteiger partial charge is 0.0399 e. The van der Waals surface area contributed by atoms with Crippen LogP contribution in [0.1, 0.15) is 19.4 Å². The van der Waals surface area contributed by atoms with E-state index in [1.807, 2.05) is 0 Å². The Hall–Kier alpha value is -0.670. The highest BCUT2D eigenvalue weighted by atomic mass is 32.2. The molecule has 2 N–H and O–H groups in total. The van der Waals surface area contributed by atoms with E-state index >= 15 is 0 Å². The van der Waals surface area contributed by atoms with E-state index in [2.05, 4.69) is 54.8 Å². The molecule has 17 heavy (non-hydrogen) atoms. The lowest BCUT2D eigenvalue weighted by molar-refractivity contribution is 0.724. The molecule has 94 valence electrons. The van der Waals surface area contributed by atoms with Crippen molar-refractivity contribution in [3.05, 3.63) is 29.8 Å². The van der Waals surface area contributed by atoms with Gasteiger partial charge < -0.3 is 10.6 Å². The van der Waals surface area contributed by atoms with Crippen molar-refractivity contribution >= 4 is 17.4 Å². The van der Waals surface area contributed by atoms with Crippen LogP contribution in [-0.2, 0) is 6.42 Å². The molecular formula is C14H22N2S. The van der Waals surface area contributed by atoms with E-state index in [0.717, 1.165) is 24.8 Å². The van der Waals surface area contributed by atoms with Crippen molar-refractivity contribution < 1.29 is 0 Å². The molecule has 0 aliphatic carbocycles. The van der Waals surface area contributed by atoms with Crippen molar-refractivity contribution in [3.63, 3.8) is 0 Å². The van der Waals surface area contributed by atoms with Crippen LogP contribution >= 0.6 is 11.8 Å². The largest absolute Gasteiger partial charge is 0.369 e. The van der Waals surface area contributed by atoms with E-state index in [0.29, 0.717) is 0 Å². The van der Waals surface area contributed by atoms with E-state index < -0.39 is 0 Å². The molecule has 1 aromatic carbocycles. The van der Waals surface area contributed by atoms with Crippen LogP contribution in [0.4, 0.5) is 5.69 Å². The summed E-state index contributed by atoms with van der Waals surface area (Å²) in [5, 5.41) is 0.729. The third-order valence-electron chi connectivity index (χ3n) is 3.12. The SMILES string of the molecule is CC(N)Cc1ccccc1N1CCSC(C)C1. The van der Waals surface area contributed by atoms with E-state index in [1.165, 1.54) is 17.0 Å². The Morgan fingerprint density at radius 2 is 2.24 bits per heavy atom. The molecule has 1 fully saturated rings. The highest BCUT2D eigenvalue weighted by Crippen LogP contribution is 2.27. The highest BCUT2D eigenvalue weighted by molar-refractivity contribution is 8.00. The van der Waals surface area contributed by atoms with Crippen molar-refractivity contribution in [2.24, 2.45) is 5.73 Å². The lowest BCUT2D eigenvalue weighted by Crippen LogP contribution is -2.37. The van der Waals surface area contributed by atoms with Gasteiger partial charge in [0, 0.05) is 35.8 Å². The molecule has 0 radical (unpaired) electrons. The quantitative estimate of drug-likeness (QED) is 0.894. The Kier molecular flexibility index (Phi) is 4.35. The average Bonchev–Trinajstić information content (AvgIpc) is 2.29. The molecular weight excluding hydrogens is 228 g/mol. The number of hydrogen-bond donors (Lipinski definition) is 1. The van der Waals surface area contributed by atoms with Crippen LogP contribution in [-0.4, -0.2) is 30.1 Å². The molecule has 1 heterocycles. The summed E-state index contributed by atoms with van der Waals surface area (Å²) in [6.45, 7) is 6.70. The summed E-state index contributed by atoms with van der Waals surface area (Å²) in [6.07, 6.45) is 0.966. The molecule has 0 spiro atoms. The maximum absolute atomic E-state index is 5.93. The molecule has 2 rings (SSSR count). The predicted octanol–water partition coefficient (Wildman–Crippen LogP) is 2.52. The maximum Gasteiger partial charge on any atom is 0.0399 e. The first-order chi connectivity index (χ1) is 8.16. The Labute approximate surface area is 109 Å². The van der Waals surface area contributed by atoms with Crippen LogP contribution in [0, 0.1) is 0 Å². The third-order valence-corrected chi connectivity index (χ3v) is 4.25. The first-order valence-corrected chi connectivity index (χ1v) is 7.41. The Morgan fingerprint density at radius 3 is 2.94 bits per heavy atom. The van der Waals surface area contributed by atoms with Gasteiger partial charge in [0.25, 0.3) is 0 Å². The lowest BCUT2D eigenvalue weighted by Gasteiger charge is -2.34. The summed E-state index contributed by atoms with van der Waals surface area (Å²) in [6, 6.07) is 8.93. The number of para-hydroxylation sites is 1. The fourth-order valence-electron chi connectivity index (χ4n) is 2.38. The van der Waals surface area contributed by atoms with Crippen LogP contribution in [0.2, 0.25) is 0 Å². The number of nitrogens with two attached hydrogens (primary N) is 1. The molecule has 0 bridgehead atoms. The lowest BCUT2D eigenvalue weighted by atomic mass is 10.0. The van der Waals surface area contributed by atoms with Crippen LogP contribution in [0.25, 0.3) is 0 Å². The zero-order chi connectivity index (χ0) is 12.3. The molecule has 2 atom stereocenters. The zero-order valence-electron chi connectivity index (χ0n) is 10.7. The monoisotopic (exact) mass is 250 g/mol. The van der Waals surface area contributed by atoms with E-state index in [9.17, 15) is 0 Å². The van der Waals surface area contributed by atoms with Crippen LogP contribution in [0.3, 0.4) is 0 Å². The van der Waals surface area contributed by atoms with Crippen molar-refractivity contribution in [2.45, 2.75) is 31.6 Å². The molecule has 2 unspecified atom stereocenters. The van der Waals surface area contributed by atoms with Crippen LogP contribution in [0.15, 0.2) is 24.3 Å². The number of anilines is 1. The van der Waals surface area contributed by atoms with Gasteiger partial charge in [0.05, 0.1) is 0 Å². The molecule has 0 amide bonds. The summed E-state index contributed by atoms with van der Waals surface area (Å²) < 4.78 is 0. The second-order valence-electron chi connectivity index (χ2n) is 4.94. The Bertz CT molecular complexity index is 365. The number of thioether (sulfide) groups is 1. The van der Waals surface area contributed by atoms with Gasteiger partial charge in [-0.05, 0) is 25.0 Å². The minimum Gasteiger partial charge on any atom is -0.369 e. The van der Waals surface area contributed by atoms with Gasteiger partial charge in [-0.3, -0.25) is 0 Å². The van der Waals surface area contributed by atoms with E-state index in [-0.39, 0.29) is 6.04 Å². The van der Waals surface area contributed by atoms with Gasteiger partial charge in [-0.15, -0.1) is 0 Å². The molecule has 1 aromatic rings. The summed E-state index contributed by atoms with van der Waals surface area (Å²) >= 11 is 2.07. The summed E-state index contributed by atoms with van der Waals surface area (Å²) in [5.74, 6) is 1.23. The van der Waals surface area contributed by atoms with Gasteiger partial charge in [-0.2, -0.15) is 11.8 Å². The molecule has 1 saturated heterocycles. The van der Waals surface area contributed by atoms with Crippen molar-refractivity contribution in [1.29, 1.82) is 0 Å². The Balaban J connectivity index is 2.18. The second-order valence-corrected chi connectivity index (χ2v) is 6.48. The van der Waals surface area contributed by atoms with Gasteiger partial charge in [-0.25, -0.2) is 0 Å². The fraction of sp³-hybridized carbons (Fsp3) is 0.571. The number of nitrogens with zero attached hydrogens (tertiary/aromatic N) is 1. The van der Waals surface area contributed by atoms with E-state index in [1.54, 1.807) is 0 Å². The average molecular weight is 250 g/mol. The van der Waals surface area contributed by atoms with Gasteiger partial charge in [0.15, 0.2) is 0 Å². The van der Waals surface area contributed by atoms with Gasteiger partial charge >= 0.3 is 0 Å². The molecule has 2 nitrogen and oxygen atoms in total. The molecule has 0 aromatic heterocycles. The molecule has 0 saturated carbocycles. The third kappa shape index (κ3) is 3.39. The maximum atomic E-state index is 5.93. The Morgan fingerprint density at radius 1 is 1.47 bits per heavy atom. The van der Waals surface area contributed by atoms with Gasteiger partial charge in [-0.1, -0.05) is 25.1 Å². The number of rotatable bonds is 3. The standard InChI is InChI=1S/C14H22N2S/c1-11(15)9-13-5-3-4-6-14(13)16-7-8-17-12(2)10-16/h3-6,11-12H,7-10,15H2,1-2H3. The molecule has 1 aliphatic rings. The van der Waals surface area contributed by atoms with Crippen molar-refractivity contribution in [2.75, 3.05) is 23.7 Å². The predicted molar refractivity (Wildman–Crippen MR) is 77.9 cm³/mol. The zero-order valence-corrected chi connectivity index (χ0v) is 11.5. The summed E-state index contributed by atoms with van der Waals surface area (Å²) in [4.78, 5) is 2.51. The second kappa shape index (κ2) is 5.78. The number of benzene rings is 1. The minimum atomic E-state index is 0.229. The molecule has 1 aliphatic heterocycles. The summed E-state index contributed by atoms with van der Waals surface area (Å²) in [7, 11) is 0. The first-order valence-electron chi connectivity index (χ1n) is 6.37. The summed E-state index contributed by atoms with van der Waals surface area (Å²) in [5.41, 5.74) is 8.70. The van der Waals surface area contributed by atoms with Crippen LogP contribution in [0.5, 0.6) is 0 Å². The van der Waals surface area contributed by atoms with Crippen molar-refractivity contribution in [3.8, 4) is 0 Å². The fourth-order valence-corrected chi connectivity index (χ4v) is 3.39. The topological polar surface area (TPSA) is 29.3 Å². The number of hydrogen-bond acceptors (Lipinski definition) is 3. The first kappa shape index (κ1) is 12.8. The minimum absolute atomic E-state index is 0.229. The normalized spacial score (nSPS) is 22.5. The highest BCUT2D eigenvalue weighted by Gasteiger charge is 2.19. The van der Waals surface area contributed by atoms with Gasteiger partial charge in [0.1, 0.15) is 0 Å².